The van der Waals surface area contributed by atoms with Gasteiger partial charge in [-0.15, -0.1) is 0 Å². The van der Waals surface area contributed by atoms with E-state index in [9.17, 15) is 0 Å². The Kier molecular flexibility index (Phi) is 4.60. The van der Waals surface area contributed by atoms with Gasteiger partial charge in [0.25, 0.3) is 0 Å². The second-order valence-corrected chi connectivity index (χ2v) is 5.88. The minimum Gasteiger partial charge on any atom is -0.312 e. The zero-order valence-corrected chi connectivity index (χ0v) is 11.1. The van der Waals surface area contributed by atoms with Gasteiger partial charge >= 0.3 is 0 Å². The summed E-state index contributed by atoms with van der Waals surface area (Å²) >= 11 is 0. The first-order valence-electron chi connectivity index (χ1n) is 6.45. The fourth-order valence-corrected chi connectivity index (χ4v) is 2.16. The molecule has 1 unspecified atom stereocenters. The maximum absolute atomic E-state index is 3.56. The number of rotatable bonds is 6. The van der Waals surface area contributed by atoms with Gasteiger partial charge in [-0.3, -0.25) is 4.90 Å². The average molecular weight is 212 g/mol. The van der Waals surface area contributed by atoms with Crippen LogP contribution in [0.3, 0.4) is 0 Å². The van der Waals surface area contributed by atoms with Crippen molar-refractivity contribution in [2.45, 2.75) is 71.5 Å². The van der Waals surface area contributed by atoms with Gasteiger partial charge in [-0.1, -0.05) is 6.92 Å². The summed E-state index contributed by atoms with van der Waals surface area (Å²) in [6.07, 6.45) is 4.11. The van der Waals surface area contributed by atoms with Crippen LogP contribution < -0.4 is 5.32 Å². The molecule has 1 aliphatic rings. The lowest BCUT2D eigenvalue weighted by atomic mass is 10.1. The van der Waals surface area contributed by atoms with Gasteiger partial charge in [-0.25, -0.2) is 0 Å². The van der Waals surface area contributed by atoms with Crippen molar-refractivity contribution in [3.05, 3.63) is 0 Å². The number of nitrogens with zero attached hydrogens (tertiary/aromatic N) is 1. The lowest BCUT2D eigenvalue weighted by Gasteiger charge is -2.29. The van der Waals surface area contributed by atoms with Crippen LogP contribution >= 0.6 is 0 Å². The molecule has 2 nitrogen and oxygen atoms in total. The molecule has 0 bridgehead atoms. The van der Waals surface area contributed by atoms with E-state index in [-0.39, 0.29) is 5.54 Å². The van der Waals surface area contributed by atoms with Gasteiger partial charge in [0.05, 0.1) is 0 Å². The van der Waals surface area contributed by atoms with Crippen LogP contribution in [-0.2, 0) is 0 Å². The molecule has 0 heterocycles. The third kappa shape index (κ3) is 4.98. The molecule has 0 radical (unpaired) electrons. The van der Waals surface area contributed by atoms with Crippen LogP contribution in [0.1, 0.15) is 53.9 Å². The standard InChI is InChI=1S/C13H28N2/c1-6-15(12-7-8-12)11(2)9-10-14-13(3,4)5/h11-12,14H,6-10H2,1-5H3. The highest BCUT2D eigenvalue weighted by molar-refractivity contribution is 4.87. The maximum atomic E-state index is 3.56. The highest BCUT2D eigenvalue weighted by atomic mass is 15.2. The van der Waals surface area contributed by atoms with E-state index >= 15 is 0 Å². The first-order valence-corrected chi connectivity index (χ1v) is 6.45. The molecule has 90 valence electrons. The van der Waals surface area contributed by atoms with E-state index < -0.39 is 0 Å². The van der Waals surface area contributed by atoms with E-state index in [2.05, 4.69) is 44.8 Å². The molecule has 1 N–H and O–H groups in total. The summed E-state index contributed by atoms with van der Waals surface area (Å²) in [7, 11) is 0. The summed E-state index contributed by atoms with van der Waals surface area (Å²) in [5.41, 5.74) is 0.260. The number of nitrogens with one attached hydrogen (secondary N) is 1. The Balaban J connectivity index is 2.19. The molecule has 1 atom stereocenters. The molecular formula is C13H28N2. The lowest BCUT2D eigenvalue weighted by Crippen LogP contribution is -2.41. The predicted octanol–water partition coefficient (Wildman–Crippen LogP) is 2.64. The molecule has 1 aliphatic carbocycles. The molecule has 1 saturated carbocycles. The number of hydrogen-bond donors (Lipinski definition) is 1. The summed E-state index contributed by atoms with van der Waals surface area (Å²) in [5, 5.41) is 3.56. The minimum atomic E-state index is 0.260. The Morgan fingerprint density at radius 2 is 1.93 bits per heavy atom. The van der Waals surface area contributed by atoms with Gasteiger partial charge in [-0.05, 0) is 60.0 Å². The molecule has 2 heteroatoms. The first kappa shape index (κ1) is 13.0. The van der Waals surface area contributed by atoms with Crippen LogP contribution in [0.4, 0.5) is 0 Å². The van der Waals surface area contributed by atoms with Crippen molar-refractivity contribution in [1.29, 1.82) is 0 Å². The van der Waals surface area contributed by atoms with Crippen molar-refractivity contribution in [2.75, 3.05) is 13.1 Å². The van der Waals surface area contributed by atoms with E-state index in [1.165, 1.54) is 25.8 Å². The third-order valence-electron chi connectivity index (χ3n) is 3.16. The first-order chi connectivity index (χ1) is 6.94. The summed E-state index contributed by atoms with van der Waals surface area (Å²) in [6, 6.07) is 1.64. The summed E-state index contributed by atoms with van der Waals surface area (Å²) < 4.78 is 0. The van der Waals surface area contributed by atoms with Gasteiger partial charge in [0.15, 0.2) is 0 Å². The van der Waals surface area contributed by atoms with Crippen molar-refractivity contribution in [3.63, 3.8) is 0 Å². The van der Waals surface area contributed by atoms with Crippen LogP contribution in [0.5, 0.6) is 0 Å². The average Bonchev–Trinajstić information content (AvgIpc) is 2.87. The SMILES string of the molecule is CCN(C(C)CCNC(C)(C)C)C1CC1. The van der Waals surface area contributed by atoms with Crippen LogP contribution in [0, 0.1) is 0 Å². The Morgan fingerprint density at radius 1 is 1.33 bits per heavy atom. The Hall–Kier alpha value is -0.0800. The smallest absolute Gasteiger partial charge is 0.00991 e. The monoisotopic (exact) mass is 212 g/mol. The fourth-order valence-electron chi connectivity index (χ4n) is 2.16. The zero-order valence-electron chi connectivity index (χ0n) is 11.1. The van der Waals surface area contributed by atoms with E-state index in [0.29, 0.717) is 0 Å². The van der Waals surface area contributed by atoms with E-state index in [0.717, 1.165) is 18.6 Å². The second-order valence-electron chi connectivity index (χ2n) is 5.88. The quantitative estimate of drug-likeness (QED) is 0.728. The molecule has 0 aromatic rings. The molecule has 0 spiro atoms. The molecule has 1 rings (SSSR count). The molecule has 0 saturated heterocycles. The van der Waals surface area contributed by atoms with E-state index in [1.54, 1.807) is 0 Å². The van der Waals surface area contributed by atoms with Crippen molar-refractivity contribution < 1.29 is 0 Å². The van der Waals surface area contributed by atoms with Gasteiger partial charge in [0.1, 0.15) is 0 Å². The summed E-state index contributed by atoms with van der Waals surface area (Å²) in [5.74, 6) is 0. The van der Waals surface area contributed by atoms with Crippen molar-refractivity contribution >= 4 is 0 Å². The molecule has 0 amide bonds. The predicted molar refractivity (Wildman–Crippen MR) is 67.2 cm³/mol. The van der Waals surface area contributed by atoms with Gasteiger partial charge in [-0.2, -0.15) is 0 Å². The van der Waals surface area contributed by atoms with Gasteiger partial charge in [0.2, 0.25) is 0 Å². The highest BCUT2D eigenvalue weighted by Crippen LogP contribution is 2.28. The highest BCUT2D eigenvalue weighted by Gasteiger charge is 2.30. The van der Waals surface area contributed by atoms with Crippen molar-refractivity contribution in [2.24, 2.45) is 0 Å². The second kappa shape index (κ2) is 5.31. The largest absolute Gasteiger partial charge is 0.312 e. The maximum Gasteiger partial charge on any atom is 0.00991 e. The summed E-state index contributed by atoms with van der Waals surface area (Å²) in [4.78, 5) is 2.66. The van der Waals surface area contributed by atoms with Crippen LogP contribution in [0.2, 0.25) is 0 Å². The lowest BCUT2D eigenvalue weighted by molar-refractivity contribution is 0.196. The molecule has 15 heavy (non-hydrogen) atoms. The number of hydrogen-bond acceptors (Lipinski definition) is 2. The molecular weight excluding hydrogens is 184 g/mol. The normalized spacial score (nSPS) is 19.6. The molecule has 1 fully saturated rings. The fraction of sp³-hybridized carbons (Fsp3) is 1.00. The Labute approximate surface area is 95.4 Å². The topological polar surface area (TPSA) is 15.3 Å². The van der Waals surface area contributed by atoms with Crippen LogP contribution in [-0.4, -0.2) is 35.6 Å². The molecule has 0 aliphatic heterocycles. The van der Waals surface area contributed by atoms with Gasteiger partial charge in [0, 0.05) is 17.6 Å². The molecule has 0 aromatic carbocycles. The van der Waals surface area contributed by atoms with E-state index in [4.69, 9.17) is 0 Å². The Bertz CT molecular complexity index is 179. The summed E-state index contributed by atoms with van der Waals surface area (Å²) in [6.45, 7) is 13.7. The van der Waals surface area contributed by atoms with Crippen LogP contribution in [0.15, 0.2) is 0 Å². The Morgan fingerprint density at radius 3 is 2.33 bits per heavy atom. The van der Waals surface area contributed by atoms with E-state index in [1.807, 2.05) is 0 Å². The molecule has 0 aromatic heterocycles. The van der Waals surface area contributed by atoms with Crippen molar-refractivity contribution in [3.8, 4) is 0 Å². The third-order valence-corrected chi connectivity index (χ3v) is 3.16. The van der Waals surface area contributed by atoms with Crippen molar-refractivity contribution in [1.82, 2.24) is 10.2 Å². The van der Waals surface area contributed by atoms with Crippen LogP contribution in [0.25, 0.3) is 0 Å². The minimum absolute atomic E-state index is 0.260. The zero-order chi connectivity index (χ0) is 11.5. The van der Waals surface area contributed by atoms with Gasteiger partial charge < -0.3 is 5.32 Å².